The molecule has 1 aliphatic rings. The summed E-state index contributed by atoms with van der Waals surface area (Å²) >= 11 is 0. The standard InChI is InChI=1S/C12H13F3N2O3/c13-10-5-9(17(19)20)1-2-11(10)16-4-3-8(6-18)12(14,15)7-16/h1-2,5,8,18H,3-4,6-7H2. The number of aliphatic hydroxyl groups excluding tert-OH is 1. The number of benzene rings is 1. The van der Waals surface area contributed by atoms with Crippen molar-refractivity contribution in [3.8, 4) is 0 Å². The molecule has 1 saturated heterocycles. The van der Waals surface area contributed by atoms with Gasteiger partial charge in [-0.2, -0.15) is 0 Å². The lowest BCUT2D eigenvalue weighted by molar-refractivity contribution is -0.385. The van der Waals surface area contributed by atoms with Gasteiger partial charge in [-0.05, 0) is 12.5 Å². The lowest BCUT2D eigenvalue weighted by Gasteiger charge is -2.38. The van der Waals surface area contributed by atoms with Crippen molar-refractivity contribution in [2.75, 3.05) is 24.6 Å². The first-order valence-electron chi connectivity index (χ1n) is 6.02. The normalized spacial score (nSPS) is 21.8. The first-order chi connectivity index (χ1) is 9.35. The van der Waals surface area contributed by atoms with E-state index in [1.807, 2.05) is 0 Å². The molecule has 1 fully saturated rings. The van der Waals surface area contributed by atoms with Gasteiger partial charge >= 0.3 is 0 Å². The van der Waals surface area contributed by atoms with E-state index in [0.29, 0.717) is 6.07 Å². The number of hydrogen-bond donors (Lipinski definition) is 1. The van der Waals surface area contributed by atoms with Crippen LogP contribution < -0.4 is 4.90 Å². The zero-order chi connectivity index (χ0) is 14.9. The van der Waals surface area contributed by atoms with E-state index < -0.39 is 41.4 Å². The van der Waals surface area contributed by atoms with E-state index in [1.165, 1.54) is 0 Å². The average molecular weight is 290 g/mol. The molecular formula is C12H13F3N2O3. The summed E-state index contributed by atoms with van der Waals surface area (Å²) in [5.74, 6) is -5.17. The molecule has 1 aliphatic heterocycles. The molecule has 1 unspecified atom stereocenters. The van der Waals surface area contributed by atoms with Gasteiger partial charge < -0.3 is 10.0 Å². The van der Waals surface area contributed by atoms with Crippen LogP contribution in [0.2, 0.25) is 0 Å². The molecule has 0 aromatic heterocycles. The predicted octanol–water partition coefficient (Wildman–Crippen LogP) is 2.19. The minimum Gasteiger partial charge on any atom is -0.396 e. The SMILES string of the molecule is O=[N+]([O-])c1ccc(N2CCC(CO)C(F)(F)C2)c(F)c1. The van der Waals surface area contributed by atoms with Crippen LogP contribution >= 0.6 is 0 Å². The summed E-state index contributed by atoms with van der Waals surface area (Å²) in [5, 5.41) is 19.4. The second-order valence-electron chi connectivity index (χ2n) is 4.74. The number of rotatable bonds is 3. The van der Waals surface area contributed by atoms with Gasteiger partial charge in [-0.25, -0.2) is 13.2 Å². The van der Waals surface area contributed by atoms with Crippen LogP contribution in [-0.2, 0) is 0 Å². The molecule has 0 spiro atoms. The minimum absolute atomic E-state index is 0.0277. The first-order valence-corrected chi connectivity index (χ1v) is 6.02. The third-order valence-electron chi connectivity index (χ3n) is 3.45. The van der Waals surface area contributed by atoms with Gasteiger partial charge in [0.15, 0.2) is 5.82 Å². The van der Waals surface area contributed by atoms with Gasteiger partial charge in [0.1, 0.15) is 0 Å². The van der Waals surface area contributed by atoms with Crippen LogP contribution in [0.1, 0.15) is 6.42 Å². The number of halogens is 3. The van der Waals surface area contributed by atoms with Crippen molar-refractivity contribution in [1.29, 1.82) is 0 Å². The Hall–Kier alpha value is -1.83. The van der Waals surface area contributed by atoms with Crippen molar-refractivity contribution in [2.45, 2.75) is 12.3 Å². The molecule has 1 N–H and O–H groups in total. The average Bonchev–Trinajstić information content (AvgIpc) is 2.37. The van der Waals surface area contributed by atoms with Gasteiger partial charge in [-0.1, -0.05) is 0 Å². The molecule has 0 aliphatic carbocycles. The lowest BCUT2D eigenvalue weighted by atomic mass is 9.93. The molecule has 0 bridgehead atoms. The van der Waals surface area contributed by atoms with E-state index in [2.05, 4.69) is 0 Å². The molecule has 8 heteroatoms. The van der Waals surface area contributed by atoms with Crippen molar-refractivity contribution in [3.63, 3.8) is 0 Å². The second kappa shape index (κ2) is 5.28. The quantitative estimate of drug-likeness (QED) is 0.684. The predicted molar refractivity (Wildman–Crippen MR) is 65.4 cm³/mol. The summed E-state index contributed by atoms with van der Waals surface area (Å²) in [5.41, 5.74) is -0.519. The number of anilines is 1. The van der Waals surface area contributed by atoms with E-state index in [1.54, 1.807) is 0 Å². The Morgan fingerprint density at radius 3 is 2.70 bits per heavy atom. The van der Waals surface area contributed by atoms with Crippen molar-refractivity contribution < 1.29 is 23.2 Å². The Kier molecular flexibility index (Phi) is 3.85. The van der Waals surface area contributed by atoms with Gasteiger partial charge in [0.25, 0.3) is 11.6 Å². The van der Waals surface area contributed by atoms with Crippen molar-refractivity contribution in [2.24, 2.45) is 5.92 Å². The van der Waals surface area contributed by atoms with Crippen LogP contribution in [0, 0.1) is 21.8 Å². The van der Waals surface area contributed by atoms with Crippen molar-refractivity contribution in [3.05, 3.63) is 34.1 Å². The highest BCUT2D eigenvalue weighted by atomic mass is 19.3. The van der Waals surface area contributed by atoms with E-state index in [-0.39, 0.29) is 18.7 Å². The molecule has 2 rings (SSSR count). The Morgan fingerprint density at radius 1 is 1.50 bits per heavy atom. The van der Waals surface area contributed by atoms with Crippen LogP contribution in [0.25, 0.3) is 0 Å². The highest BCUT2D eigenvalue weighted by Gasteiger charge is 2.44. The molecule has 1 aromatic carbocycles. The number of piperidine rings is 1. The molecule has 0 amide bonds. The maximum Gasteiger partial charge on any atom is 0.272 e. The highest BCUT2D eigenvalue weighted by Crippen LogP contribution is 2.36. The molecule has 1 atom stereocenters. The van der Waals surface area contributed by atoms with Gasteiger partial charge in [0.2, 0.25) is 0 Å². The Balaban J connectivity index is 2.23. The van der Waals surface area contributed by atoms with Crippen LogP contribution in [0.3, 0.4) is 0 Å². The van der Waals surface area contributed by atoms with Gasteiger partial charge in [0, 0.05) is 18.5 Å². The highest BCUT2D eigenvalue weighted by molar-refractivity contribution is 5.53. The Labute approximate surface area is 112 Å². The number of hydrogen-bond acceptors (Lipinski definition) is 4. The fraction of sp³-hybridized carbons (Fsp3) is 0.500. The monoisotopic (exact) mass is 290 g/mol. The molecule has 5 nitrogen and oxygen atoms in total. The molecule has 0 radical (unpaired) electrons. The first kappa shape index (κ1) is 14.6. The number of alkyl halides is 2. The van der Waals surface area contributed by atoms with Crippen LogP contribution in [-0.4, -0.2) is 35.6 Å². The van der Waals surface area contributed by atoms with E-state index in [9.17, 15) is 23.3 Å². The summed E-state index contributed by atoms with van der Waals surface area (Å²) in [7, 11) is 0. The lowest BCUT2D eigenvalue weighted by Crippen LogP contribution is -2.50. The molecule has 110 valence electrons. The third-order valence-corrected chi connectivity index (χ3v) is 3.45. The molecule has 20 heavy (non-hydrogen) atoms. The summed E-state index contributed by atoms with van der Waals surface area (Å²) in [6.45, 7) is -1.17. The molecule has 1 aromatic rings. The van der Waals surface area contributed by atoms with E-state index in [4.69, 9.17) is 5.11 Å². The smallest absolute Gasteiger partial charge is 0.272 e. The number of nitrogens with zero attached hydrogens (tertiary/aromatic N) is 2. The molecular weight excluding hydrogens is 277 g/mol. The van der Waals surface area contributed by atoms with Gasteiger partial charge in [0.05, 0.1) is 29.8 Å². The summed E-state index contributed by atoms with van der Waals surface area (Å²) in [6.07, 6.45) is 0.0277. The number of nitro groups is 1. The topological polar surface area (TPSA) is 66.6 Å². The van der Waals surface area contributed by atoms with Crippen molar-refractivity contribution in [1.82, 2.24) is 0 Å². The Bertz CT molecular complexity index is 525. The van der Waals surface area contributed by atoms with Gasteiger partial charge in [-0.3, -0.25) is 10.1 Å². The molecule has 1 heterocycles. The van der Waals surface area contributed by atoms with E-state index in [0.717, 1.165) is 17.0 Å². The zero-order valence-corrected chi connectivity index (χ0v) is 10.4. The summed E-state index contributed by atoms with van der Waals surface area (Å²) in [6, 6.07) is 2.92. The maximum atomic E-state index is 13.8. The molecule has 0 saturated carbocycles. The Morgan fingerprint density at radius 2 is 2.20 bits per heavy atom. The second-order valence-corrected chi connectivity index (χ2v) is 4.74. The largest absolute Gasteiger partial charge is 0.396 e. The number of aliphatic hydroxyl groups is 1. The van der Waals surface area contributed by atoms with E-state index >= 15 is 0 Å². The minimum atomic E-state index is -3.12. The van der Waals surface area contributed by atoms with Crippen LogP contribution in [0.4, 0.5) is 24.5 Å². The van der Waals surface area contributed by atoms with Crippen LogP contribution in [0.15, 0.2) is 18.2 Å². The fourth-order valence-corrected chi connectivity index (χ4v) is 2.28. The summed E-state index contributed by atoms with van der Waals surface area (Å²) in [4.78, 5) is 10.9. The zero-order valence-electron chi connectivity index (χ0n) is 10.4. The van der Waals surface area contributed by atoms with Gasteiger partial charge in [-0.15, -0.1) is 0 Å². The number of non-ortho nitro benzene ring substituents is 1. The number of nitro benzene ring substituents is 1. The van der Waals surface area contributed by atoms with Crippen LogP contribution in [0.5, 0.6) is 0 Å². The third kappa shape index (κ3) is 2.69. The fourth-order valence-electron chi connectivity index (χ4n) is 2.28. The van der Waals surface area contributed by atoms with Crippen molar-refractivity contribution >= 4 is 11.4 Å². The maximum absolute atomic E-state index is 13.8. The summed E-state index contributed by atoms with van der Waals surface area (Å²) < 4.78 is 41.2.